The zero-order valence-corrected chi connectivity index (χ0v) is 22.8. The predicted octanol–water partition coefficient (Wildman–Crippen LogP) is 2.56. The highest BCUT2D eigenvalue weighted by atomic mass is 35.5. The number of aliphatic hydroxyl groups is 3. The van der Waals surface area contributed by atoms with E-state index in [1.807, 2.05) is 0 Å². The molecule has 2 aromatic rings. The summed E-state index contributed by atoms with van der Waals surface area (Å²) in [5.41, 5.74) is -1.97. The van der Waals surface area contributed by atoms with Crippen molar-refractivity contribution in [3.8, 4) is 0 Å². The largest absolute Gasteiger partial charge is 0.390 e. The van der Waals surface area contributed by atoms with Crippen LogP contribution in [0, 0.1) is 29.3 Å². The molecule has 2 aliphatic rings. The second kappa shape index (κ2) is 11.3. The lowest BCUT2D eigenvalue weighted by Gasteiger charge is -2.42. The molecular formula is C26H28ClF3N2O7S. The van der Waals surface area contributed by atoms with Crippen LogP contribution in [-0.4, -0.2) is 65.2 Å². The summed E-state index contributed by atoms with van der Waals surface area (Å²) >= 11 is 6.22. The second-order valence-corrected chi connectivity index (χ2v) is 13.0. The van der Waals surface area contributed by atoms with Gasteiger partial charge in [0.05, 0.1) is 26.9 Å². The minimum absolute atomic E-state index is 0.0467. The summed E-state index contributed by atoms with van der Waals surface area (Å²) in [7, 11) is -4.13. The van der Waals surface area contributed by atoms with Gasteiger partial charge in [0.2, 0.25) is 0 Å². The van der Waals surface area contributed by atoms with Crippen molar-refractivity contribution in [3.05, 3.63) is 58.4 Å². The molecule has 0 aliphatic heterocycles. The summed E-state index contributed by atoms with van der Waals surface area (Å²) in [5, 5.41) is 34.0. The van der Waals surface area contributed by atoms with Crippen LogP contribution in [0.4, 0.5) is 18.9 Å². The maximum atomic E-state index is 13.7. The van der Waals surface area contributed by atoms with Gasteiger partial charge in [0.1, 0.15) is 0 Å². The number of rotatable bonds is 8. The number of fused-ring (bicyclic) bond motifs is 2. The summed E-state index contributed by atoms with van der Waals surface area (Å²) in [4.78, 5) is 24.5. The van der Waals surface area contributed by atoms with E-state index in [1.165, 1.54) is 19.1 Å². The SMILES string of the molecule is C[C@@H](O)[C@H](O)C(=O)NC[C@@]1(O)C2CC[C@H]1C[C@H](S(=O)(=O)c1cc(C(=O)Nc3cc(F)c(F)c(F)c3)ccc1Cl)C2. The Bertz CT molecular complexity index is 1400. The average Bonchev–Trinajstić information content (AvgIpc) is 3.05. The second-order valence-electron chi connectivity index (χ2n) is 10.4. The molecule has 0 heterocycles. The molecule has 14 heteroatoms. The molecule has 2 aromatic carbocycles. The molecule has 9 nitrogen and oxygen atoms in total. The molecule has 2 fully saturated rings. The lowest BCUT2D eigenvalue weighted by Crippen LogP contribution is -2.56. The highest BCUT2D eigenvalue weighted by molar-refractivity contribution is 7.92. The van der Waals surface area contributed by atoms with Gasteiger partial charge in [-0.25, -0.2) is 21.6 Å². The van der Waals surface area contributed by atoms with Crippen molar-refractivity contribution in [2.75, 3.05) is 11.9 Å². The molecule has 2 amide bonds. The third-order valence-electron chi connectivity index (χ3n) is 7.82. The smallest absolute Gasteiger partial charge is 0.255 e. The van der Waals surface area contributed by atoms with Gasteiger partial charge in [-0.1, -0.05) is 11.6 Å². The number of carbonyl (C=O) groups is 2. The fourth-order valence-corrected chi connectivity index (χ4v) is 7.98. The number of benzene rings is 2. The Hall–Kier alpha value is -2.71. The van der Waals surface area contributed by atoms with Gasteiger partial charge in [-0.15, -0.1) is 0 Å². The van der Waals surface area contributed by atoms with Crippen LogP contribution in [0.25, 0.3) is 0 Å². The van der Waals surface area contributed by atoms with Crippen molar-refractivity contribution >= 4 is 38.9 Å². The molecule has 2 saturated carbocycles. The minimum atomic E-state index is -4.13. The summed E-state index contributed by atoms with van der Waals surface area (Å²) in [6.45, 7) is 1.02. The van der Waals surface area contributed by atoms with Crippen LogP contribution in [0.3, 0.4) is 0 Å². The van der Waals surface area contributed by atoms with Gasteiger partial charge >= 0.3 is 0 Å². The molecule has 218 valence electrons. The maximum absolute atomic E-state index is 13.7. The van der Waals surface area contributed by atoms with E-state index in [4.69, 9.17) is 11.6 Å². The molecule has 1 unspecified atom stereocenters. The van der Waals surface area contributed by atoms with E-state index in [2.05, 4.69) is 10.6 Å². The number of anilines is 1. The van der Waals surface area contributed by atoms with E-state index in [1.54, 1.807) is 0 Å². The molecule has 5 N–H and O–H groups in total. The Morgan fingerprint density at radius 3 is 2.20 bits per heavy atom. The van der Waals surface area contributed by atoms with Crippen LogP contribution < -0.4 is 10.6 Å². The Morgan fingerprint density at radius 2 is 1.65 bits per heavy atom. The predicted molar refractivity (Wildman–Crippen MR) is 138 cm³/mol. The molecule has 0 saturated heterocycles. The van der Waals surface area contributed by atoms with Crippen molar-refractivity contribution < 1.29 is 46.5 Å². The number of hydrogen-bond acceptors (Lipinski definition) is 7. The molecular weight excluding hydrogens is 577 g/mol. The Labute approximate surface area is 233 Å². The number of nitrogens with one attached hydrogen (secondary N) is 2. The molecule has 0 radical (unpaired) electrons. The minimum Gasteiger partial charge on any atom is -0.390 e. The monoisotopic (exact) mass is 604 g/mol. The fraction of sp³-hybridized carbons (Fsp3) is 0.462. The van der Waals surface area contributed by atoms with E-state index in [9.17, 15) is 46.5 Å². The topological polar surface area (TPSA) is 153 Å². The fourth-order valence-electron chi connectivity index (χ4n) is 5.58. The molecule has 6 atom stereocenters. The van der Waals surface area contributed by atoms with Crippen LogP contribution in [0.2, 0.25) is 5.02 Å². The first-order chi connectivity index (χ1) is 18.6. The zero-order chi connectivity index (χ0) is 29.6. The molecule has 2 bridgehead atoms. The Kier molecular flexibility index (Phi) is 8.53. The Balaban J connectivity index is 1.51. The summed E-state index contributed by atoms with van der Waals surface area (Å²) < 4.78 is 67.6. The van der Waals surface area contributed by atoms with Crippen molar-refractivity contribution in [1.29, 1.82) is 0 Å². The third kappa shape index (κ3) is 5.70. The lowest BCUT2D eigenvalue weighted by molar-refractivity contribution is -0.137. The van der Waals surface area contributed by atoms with Gasteiger partial charge in [-0.05, 0) is 62.6 Å². The van der Waals surface area contributed by atoms with Gasteiger partial charge in [0, 0.05) is 29.9 Å². The normalized spacial score (nSPS) is 25.8. The highest BCUT2D eigenvalue weighted by Gasteiger charge is 2.55. The van der Waals surface area contributed by atoms with Gasteiger partial charge in [0.25, 0.3) is 11.8 Å². The van der Waals surface area contributed by atoms with Crippen molar-refractivity contribution in [2.45, 2.75) is 60.6 Å². The number of halogens is 4. The summed E-state index contributed by atoms with van der Waals surface area (Å²) in [6.07, 6.45) is -1.89. The summed E-state index contributed by atoms with van der Waals surface area (Å²) in [6, 6.07) is 4.63. The number of carbonyl (C=O) groups excluding carboxylic acids is 2. The van der Waals surface area contributed by atoms with E-state index < -0.39 is 74.0 Å². The van der Waals surface area contributed by atoms with Gasteiger partial charge in [-0.3, -0.25) is 9.59 Å². The third-order valence-corrected chi connectivity index (χ3v) is 10.5. The van der Waals surface area contributed by atoms with Crippen LogP contribution in [0.5, 0.6) is 0 Å². The molecule has 40 heavy (non-hydrogen) atoms. The first-order valence-electron chi connectivity index (χ1n) is 12.5. The quantitative estimate of drug-likeness (QED) is 0.290. The van der Waals surface area contributed by atoms with Crippen LogP contribution in [0.1, 0.15) is 43.0 Å². The van der Waals surface area contributed by atoms with E-state index in [0.29, 0.717) is 25.0 Å². The van der Waals surface area contributed by atoms with Crippen molar-refractivity contribution in [3.63, 3.8) is 0 Å². The summed E-state index contributed by atoms with van der Waals surface area (Å²) in [5.74, 6) is -7.49. The molecule has 2 aliphatic carbocycles. The Morgan fingerprint density at radius 1 is 1.07 bits per heavy atom. The van der Waals surface area contributed by atoms with Crippen LogP contribution in [-0.2, 0) is 14.6 Å². The number of sulfone groups is 1. The number of hydrogen-bond donors (Lipinski definition) is 5. The van der Waals surface area contributed by atoms with E-state index in [-0.39, 0.29) is 40.6 Å². The van der Waals surface area contributed by atoms with Gasteiger partial charge < -0.3 is 26.0 Å². The van der Waals surface area contributed by atoms with Crippen molar-refractivity contribution in [2.24, 2.45) is 11.8 Å². The number of aliphatic hydroxyl groups excluding tert-OH is 2. The molecule has 4 rings (SSSR count). The zero-order valence-electron chi connectivity index (χ0n) is 21.2. The van der Waals surface area contributed by atoms with Crippen LogP contribution in [0.15, 0.2) is 35.2 Å². The standard InChI is InChI=1S/C26H28ClF3N2O7S/c1-12(33)23(34)25(36)31-11-26(37)14-3-4-15(26)8-17(7-14)40(38,39)21-6-13(2-5-18(21)27)24(35)32-16-9-19(28)22(30)20(29)10-16/h2,5-6,9-10,12,14-15,17,23,33-34,37H,3-4,7-8,11H2,1H3,(H,31,36)(H,32,35)/t12-,14+,15?,17+,23+,26+/m1/s1. The van der Waals surface area contributed by atoms with E-state index in [0.717, 1.165) is 6.07 Å². The maximum Gasteiger partial charge on any atom is 0.255 e. The molecule has 0 spiro atoms. The molecule has 0 aromatic heterocycles. The van der Waals surface area contributed by atoms with E-state index >= 15 is 0 Å². The van der Waals surface area contributed by atoms with Crippen LogP contribution >= 0.6 is 11.6 Å². The highest BCUT2D eigenvalue weighted by Crippen LogP contribution is 2.52. The van der Waals surface area contributed by atoms with Gasteiger partial charge in [0.15, 0.2) is 33.4 Å². The first-order valence-corrected chi connectivity index (χ1v) is 14.4. The first kappa shape index (κ1) is 30.3. The lowest BCUT2D eigenvalue weighted by atomic mass is 9.74. The average molecular weight is 605 g/mol. The number of amides is 2. The van der Waals surface area contributed by atoms with Gasteiger partial charge in [-0.2, -0.15) is 0 Å². The van der Waals surface area contributed by atoms with Crippen molar-refractivity contribution in [1.82, 2.24) is 5.32 Å².